The fourth-order valence-corrected chi connectivity index (χ4v) is 4.91. The Bertz CT molecular complexity index is 598. The molecule has 1 aliphatic carbocycles. The summed E-state index contributed by atoms with van der Waals surface area (Å²) in [5, 5.41) is 6.10. The smallest absolute Gasteiger partial charge is 0.0476 e. The van der Waals surface area contributed by atoms with Gasteiger partial charge in [0, 0.05) is 34.4 Å². The SMILES string of the molecule is c1ccc2c3c([nH]c2c1)C(NCC1CCCS1)CCC3. The van der Waals surface area contributed by atoms with Gasteiger partial charge in [-0.1, -0.05) is 18.2 Å². The number of hydrogen-bond acceptors (Lipinski definition) is 2. The molecule has 1 aromatic carbocycles. The molecular weight excluding hydrogens is 264 g/mol. The highest BCUT2D eigenvalue weighted by Crippen LogP contribution is 2.35. The van der Waals surface area contributed by atoms with Gasteiger partial charge in [0.1, 0.15) is 0 Å². The first kappa shape index (κ1) is 12.8. The number of benzene rings is 1. The van der Waals surface area contributed by atoms with Crippen LogP contribution in [0.3, 0.4) is 0 Å². The highest BCUT2D eigenvalue weighted by molar-refractivity contribution is 8.00. The molecule has 4 rings (SSSR count). The molecule has 1 aromatic heterocycles. The van der Waals surface area contributed by atoms with Crippen LogP contribution in [-0.2, 0) is 6.42 Å². The van der Waals surface area contributed by atoms with Crippen molar-refractivity contribution in [3.8, 4) is 0 Å². The van der Waals surface area contributed by atoms with Crippen molar-refractivity contribution >= 4 is 22.7 Å². The van der Waals surface area contributed by atoms with Crippen LogP contribution in [0.15, 0.2) is 24.3 Å². The Kier molecular flexibility index (Phi) is 3.49. The van der Waals surface area contributed by atoms with E-state index in [4.69, 9.17) is 0 Å². The summed E-state index contributed by atoms with van der Waals surface area (Å²) in [5.74, 6) is 1.36. The van der Waals surface area contributed by atoms with Crippen LogP contribution in [0.25, 0.3) is 10.9 Å². The number of nitrogens with one attached hydrogen (secondary N) is 2. The van der Waals surface area contributed by atoms with E-state index in [1.54, 1.807) is 5.56 Å². The Morgan fingerprint density at radius 1 is 1.20 bits per heavy atom. The van der Waals surface area contributed by atoms with Gasteiger partial charge in [-0.2, -0.15) is 11.8 Å². The maximum Gasteiger partial charge on any atom is 0.0476 e. The minimum atomic E-state index is 0.535. The van der Waals surface area contributed by atoms with Crippen molar-refractivity contribution in [3.63, 3.8) is 0 Å². The Morgan fingerprint density at radius 3 is 3.05 bits per heavy atom. The number of H-pyrrole nitrogens is 1. The predicted octanol–water partition coefficient (Wildman–Crippen LogP) is 4.03. The Labute approximate surface area is 124 Å². The van der Waals surface area contributed by atoms with E-state index in [2.05, 4.69) is 46.3 Å². The van der Waals surface area contributed by atoms with Crippen molar-refractivity contribution in [2.24, 2.45) is 0 Å². The summed E-state index contributed by atoms with van der Waals surface area (Å²) in [6, 6.07) is 9.29. The van der Waals surface area contributed by atoms with E-state index < -0.39 is 0 Å². The lowest BCUT2D eigenvalue weighted by Gasteiger charge is -2.25. The zero-order valence-corrected chi connectivity index (χ0v) is 12.6. The van der Waals surface area contributed by atoms with Crippen LogP contribution < -0.4 is 5.32 Å². The van der Waals surface area contributed by atoms with Crippen molar-refractivity contribution < 1.29 is 0 Å². The molecule has 2 aromatic rings. The van der Waals surface area contributed by atoms with Crippen LogP contribution in [-0.4, -0.2) is 22.5 Å². The molecule has 0 saturated carbocycles. The third-order valence-corrected chi connectivity index (χ3v) is 6.13. The molecular formula is C17H22N2S. The van der Waals surface area contributed by atoms with E-state index in [1.807, 2.05) is 0 Å². The number of aromatic amines is 1. The minimum absolute atomic E-state index is 0.535. The molecule has 1 fully saturated rings. The fraction of sp³-hybridized carbons (Fsp3) is 0.529. The molecule has 0 amide bonds. The zero-order chi connectivity index (χ0) is 13.4. The van der Waals surface area contributed by atoms with Gasteiger partial charge < -0.3 is 10.3 Å². The van der Waals surface area contributed by atoms with Gasteiger partial charge in [-0.05, 0) is 49.5 Å². The number of aryl methyl sites for hydroxylation is 1. The normalized spacial score (nSPS) is 26.0. The molecule has 106 valence electrons. The number of rotatable bonds is 3. The number of aromatic nitrogens is 1. The van der Waals surface area contributed by atoms with E-state index in [0.29, 0.717) is 6.04 Å². The molecule has 1 aliphatic heterocycles. The molecule has 2 N–H and O–H groups in total. The van der Waals surface area contributed by atoms with Crippen molar-refractivity contribution in [2.75, 3.05) is 12.3 Å². The number of fused-ring (bicyclic) bond motifs is 3. The molecule has 20 heavy (non-hydrogen) atoms. The van der Waals surface area contributed by atoms with Crippen LogP contribution >= 0.6 is 11.8 Å². The second-order valence-electron chi connectivity index (χ2n) is 6.05. The quantitative estimate of drug-likeness (QED) is 0.891. The van der Waals surface area contributed by atoms with E-state index in [0.717, 1.165) is 5.25 Å². The molecule has 0 bridgehead atoms. The lowest BCUT2D eigenvalue weighted by Crippen LogP contribution is -2.30. The Balaban J connectivity index is 1.57. The fourth-order valence-electron chi connectivity index (χ4n) is 3.70. The first-order valence-corrected chi connectivity index (χ1v) is 8.91. The monoisotopic (exact) mass is 286 g/mol. The lowest BCUT2D eigenvalue weighted by molar-refractivity contribution is 0.451. The van der Waals surface area contributed by atoms with Crippen LogP contribution in [0.4, 0.5) is 0 Å². The third-order valence-electron chi connectivity index (χ3n) is 4.73. The van der Waals surface area contributed by atoms with Crippen LogP contribution in [0, 0.1) is 0 Å². The summed E-state index contributed by atoms with van der Waals surface area (Å²) in [6.07, 6.45) is 6.61. The number of thioether (sulfide) groups is 1. The van der Waals surface area contributed by atoms with E-state index in [-0.39, 0.29) is 0 Å². The van der Waals surface area contributed by atoms with Gasteiger partial charge in [0.05, 0.1) is 0 Å². The standard InChI is InChI=1S/C17H22N2S/c1-2-8-15-13(6-1)14-7-3-9-16(17(14)19-15)18-11-12-5-4-10-20-12/h1-2,6,8,12,16,18-19H,3-5,7,9-11H2. The third kappa shape index (κ3) is 2.27. The molecule has 2 atom stereocenters. The average molecular weight is 286 g/mol. The molecule has 2 heterocycles. The highest BCUT2D eigenvalue weighted by atomic mass is 32.2. The second kappa shape index (κ2) is 5.45. The first-order valence-electron chi connectivity index (χ1n) is 7.86. The maximum atomic E-state index is 3.83. The molecule has 3 heteroatoms. The van der Waals surface area contributed by atoms with Gasteiger partial charge >= 0.3 is 0 Å². The molecule has 1 saturated heterocycles. The van der Waals surface area contributed by atoms with E-state index in [1.165, 1.54) is 61.0 Å². The summed E-state index contributed by atoms with van der Waals surface area (Å²) < 4.78 is 0. The maximum absolute atomic E-state index is 3.83. The lowest BCUT2D eigenvalue weighted by atomic mass is 9.91. The molecule has 2 aliphatic rings. The van der Waals surface area contributed by atoms with Crippen LogP contribution in [0.2, 0.25) is 0 Å². The summed E-state index contributed by atoms with van der Waals surface area (Å²) in [7, 11) is 0. The molecule has 2 nitrogen and oxygen atoms in total. The second-order valence-corrected chi connectivity index (χ2v) is 7.46. The largest absolute Gasteiger partial charge is 0.357 e. The van der Waals surface area contributed by atoms with Crippen molar-refractivity contribution in [3.05, 3.63) is 35.5 Å². The summed E-state index contributed by atoms with van der Waals surface area (Å²) in [5.41, 5.74) is 4.32. The average Bonchev–Trinajstić information content (AvgIpc) is 3.12. The topological polar surface area (TPSA) is 27.8 Å². The van der Waals surface area contributed by atoms with E-state index in [9.17, 15) is 0 Å². The van der Waals surface area contributed by atoms with Gasteiger partial charge in [0.2, 0.25) is 0 Å². The van der Waals surface area contributed by atoms with Gasteiger partial charge in [-0.25, -0.2) is 0 Å². The van der Waals surface area contributed by atoms with Crippen molar-refractivity contribution in [2.45, 2.75) is 43.4 Å². The zero-order valence-electron chi connectivity index (χ0n) is 11.8. The minimum Gasteiger partial charge on any atom is -0.357 e. The molecule has 2 unspecified atom stereocenters. The Morgan fingerprint density at radius 2 is 2.15 bits per heavy atom. The van der Waals surface area contributed by atoms with Gasteiger partial charge in [0.15, 0.2) is 0 Å². The Hall–Kier alpha value is -0.930. The van der Waals surface area contributed by atoms with E-state index >= 15 is 0 Å². The molecule has 0 spiro atoms. The van der Waals surface area contributed by atoms with Crippen LogP contribution in [0.5, 0.6) is 0 Å². The van der Waals surface area contributed by atoms with Gasteiger partial charge in [-0.3, -0.25) is 0 Å². The molecule has 0 radical (unpaired) electrons. The van der Waals surface area contributed by atoms with Crippen molar-refractivity contribution in [1.82, 2.24) is 10.3 Å². The van der Waals surface area contributed by atoms with Gasteiger partial charge in [0.25, 0.3) is 0 Å². The number of hydrogen-bond donors (Lipinski definition) is 2. The first-order chi connectivity index (χ1) is 9.92. The highest BCUT2D eigenvalue weighted by Gasteiger charge is 2.25. The summed E-state index contributed by atoms with van der Waals surface area (Å²) in [4.78, 5) is 3.67. The van der Waals surface area contributed by atoms with Crippen molar-refractivity contribution in [1.29, 1.82) is 0 Å². The number of para-hydroxylation sites is 1. The summed E-state index contributed by atoms with van der Waals surface area (Å²) >= 11 is 2.14. The predicted molar refractivity (Wildman–Crippen MR) is 87.5 cm³/mol. The van der Waals surface area contributed by atoms with Gasteiger partial charge in [-0.15, -0.1) is 0 Å². The summed E-state index contributed by atoms with van der Waals surface area (Å²) in [6.45, 7) is 1.17. The van der Waals surface area contributed by atoms with Crippen LogP contribution in [0.1, 0.15) is 43.0 Å².